The highest BCUT2D eigenvalue weighted by atomic mass is 16.5. The zero-order chi connectivity index (χ0) is 19.8. The van der Waals surface area contributed by atoms with Gasteiger partial charge in [-0.2, -0.15) is 0 Å². The summed E-state index contributed by atoms with van der Waals surface area (Å²) < 4.78 is 16.5. The molecule has 0 saturated carbocycles. The predicted molar refractivity (Wildman–Crippen MR) is 108 cm³/mol. The number of ether oxygens (including phenoxy) is 1. The Morgan fingerprint density at radius 2 is 1.64 bits per heavy atom. The van der Waals surface area contributed by atoms with Gasteiger partial charge in [-0.15, -0.1) is 0 Å². The summed E-state index contributed by atoms with van der Waals surface area (Å²) in [5.41, 5.74) is 3.24. The molecule has 2 heterocycles. The van der Waals surface area contributed by atoms with Gasteiger partial charge in [0.2, 0.25) is 0 Å². The van der Waals surface area contributed by atoms with Crippen LogP contribution < -0.4 is 16.0 Å². The largest absolute Gasteiger partial charge is 0.489 e. The van der Waals surface area contributed by atoms with Crippen molar-refractivity contribution in [3.8, 4) is 5.75 Å². The minimum Gasteiger partial charge on any atom is -0.489 e. The van der Waals surface area contributed by atoms with Crippen molar-refractivity contribution < 1.29 is 13.6 Å². The summed E-state index contributed by atoms with van der Waals surface area (Å²) in [6.07, 6.45) is 0. The lowest BCUT2D eigenvalue weighted by molar-refractivity contribution is 0.306. The van der Waals surface area contributed by atoms with Gasteiger partial charge in [0.1, 0.15) is 23.5 Å². The molecule has 0 fully saturated rings. The Labute approximate surface area is 161 Å². The first-order valence-corrected chi connectivity index (χ1v) is 9.15. The zero-order valence-corrected chi connectivity index (χ0v) is 15.9. The molecule has 28 heavy (non-hydrogen) atoms. The van der Waals surface area contributed by atoms with Crippen LogP contribution in [0.5, 0.6) is 5.75 Å². The van der Waals surface area contributed by atoms with E-state index in [4.69, 9.17) is 13.6 Å². The molecule has 0 spiro atoms. The van der Waals surface area contributed by atoms with E-state index in [1.54, 1.807) is 18.2 Å². The van der Waals surface area contributed by atoms with Gasteiger partial charge in [-0.3, -0.25) is 0 Å². The first-order chi connectivity index (χ1) is 13.4. The topological polar surface area (TPSA) is 69.7 Å². The number of hydrogen-bond donors (Lipinski definition) is 0. The molecule has 0 saturated heterocycles. The number of rotatable bonds is 4. The van der Waals surface area contributed by atoms with Crippen molar-refractivity contribution >= 4 is 21.9 Å². The van der Waals surface area contributed by atoms with Crippen LogP contribution in [0.25, 0.3) is 21.9 Å². The first kappa shape index (κ1) is 18.0. The van der Waals surface area contributed by atoms with E-state index in [2.05, 4.69) is 19.9 Å². The van der Waals surface area contributed by atoms with E-state index in [1.807, 2.05) is 19.1 Å². The van der Waals surface area contributed by atoms with E-state index in [1.165, 1.54) is 17.7 Å². The molecular formula is C23H20O5. The van der Waals surface area contributed by atoms with Gasteiger partial charge in [-0.05, 0) is 54.3 Å². The molecule has 0 atom stereocenters. The van der Waals surface area contributed by atoms with Crippen molar-refractivity contribution in [2.45, 2.75) is 33.3 Å². The van der Waals surface area contributed by atoms with E-state index in [0.29, 0.717) is 22.8 Å². The van der Waals surface area contributed by atoms with Gasteiger partial charge in [0.25, 0.3) is 0 Å². The quantitative estimate of drug-likeness (QED) is 0.473. The summed E-state index contributed by atoms with van der Waals surface area (Å²) in [5.74, 6) is 0.910. The lowest BCUT2D eigenvalue weighted by Gasteiger charge is -2.13. The fourth-order valence-corrected chi connectivity index (χ4v) is 3.42. The second kappa shape index (κ2) is 7.00. The molecule has 5 nitrogen and oxygen atoms in total. The first-order valence-electron chi connectivity index (χ1n) is 9.15. The summed E-state index contributed by atoms with van der Waals surface area (Å²) in [6, 6.07) is 13.8. The molecule has 0 amide bonds. The Morgan fingerprint density at radius 1 is 0.893 bits per heavy atom. The van der Waals surface area contributed by atoms with E-state index in [-0.39, 0.29) is 6.61 Å². The van der Waals surface area contributed by atoms with Crippen molar-refractivity contribution in [1.82, 2.24) is 0 Å². The van der Waals surface area contributed by atoms with Gasteiger partial charge in [-0.25, -0.2) is 9.59 Å². The minimum atomic E-state index is -0.410. The molecule has 2 aromatic carbocycles. The minimum absolute atomic E-state index is 0.200. The summed E-state index contributed by atoms with van der Waals surface area (Å²) in [5, 5.41) is 1.68. The molecule has 0 aliphatic heterocycles. The smallest absolute Gasteiger partial charge is 0.336 e. The third kappa shape index (κ3) is 3.43. The van der Waals surface area contributed by atoms with E-state index >= 15 is 0 Å². The average molecular weight is 376 g/mol. The number of hydrogen-bond acceptors (Lipinski definition) is 5. The van der Waals surface area contributed by atoms with Crippen LogP contribution in [0.4, 0.5) is 0 Å². The summed E-state index contributed by atoms with van der Waals surface area (Å²) in [7, 11) is 0. The predicted octanol–water partition coefficient (Wildman–Crippen LogP) is 4.91. The Bertz CT molecular complexity index is 1290. The highest BCUT2D eigenvalue weighted by molar-refractivity contribution is 5.82. The molecule has 0 N–H and O–H groups in total. The molecular weight excluding hydrogens is 356 g/mol. The molecule has 2 aromatic heterocycles. The Hall–Kier alpha value is -3.34. The molecule has 0 aliphatic rings. The number of fused-ring (bicyclic) bond motifs is 2. The molecule has 0 aliphatic carbocycles. The molecule has 0 bridgehead atoms. The molecule has 0 radical (unpaired) electrons. The van der Waals surface area contributed by atoms with Crippen LogP contribution in [0, 0.1) is 6.92 Å². The van der Waals surface area contributed by atoms with Crippen molar-refractivity contribution in [2.24, 2.45) is 0 Å². The van der Waals surface area contributed by atoms with Crippen LogP contribution in [-0.4, -0.2) is 0 Å². The van der Waals surface area contributed by atoms with Crippen LogP contribution in [0.3, 0.4) is 0 Å². The van der Waals surface area contributed by atoms with Crippen LogP contribution in [-0.2, 0) is 6.61 Å². The van der Waals surface area contributed by atoms with E-state index in [9.17, 15) is 9.59 Å². The maximum atomic E-state index is 12.0. The maximum Gasteiger partial charge on any atom is 0.336 e. The number of benzene rings is 2. The molecule has 0 unspecified atom stereocenters. The molecule has 4 aromatic rings. The third-order valence-electron chi connectivity index (χ3n) is 4.83. The van der Waals surface area contributed by atoms with Crippen LogP contribution >= 0.6 is 0 Å². The van der Waals surface area contributed by atoms with Gasteiger partial charge in [-0.1, -0.05) is 13.8 Å². The van der Waals surface area contributed by atoms with Crippen LogP contribution in [0.1, 0.15) is 36.5 Å². The third-order valence-corrected chi connectivity index (χ3v) is 4.83. The van der Waals surface area contributed by atoms with Gasteiger partial charge < -0.3 is 13.6 Å². The van der Waals surface area contributed by atoms with Gasteiger partial charge >= 0.3 is 11.3 Å². The standard InChI is InChI=1S/C23H20O5/c1-13(2)18-11-19-16(9-23(25)28-21(19)8-14(18)3)12-26-17-6-4-15-5-7-22(24)27-20(15)10-17/h4-11,13H,12H2,1-3H3. The molecule has 4 rings (SSSR count). The fraction of sp³-hybridized carbons (Fsp3) is 0.217. The second-order valence-corrected chi connectivity index (χ2v) is 7.19. The summed E-state index contributed by atoms with van der Waals surface area (Å²) in [4.78, 5) is 23.4. The molecule has 5 heteroatoms. The highest BCUT2D eigenvalue weighted by Crippen LogP contribution is 2.28. The Balaban J connectivity index is 1.72. The van der Waals surface area contributed by atoms with Crippen LogP contribution in [0.2, 0.25) is 0 Å². The SMILES string of the molecule is Cc1cc2oc(=O)cc(COc3ccc4ccc(=O)oc4c3)c2cc1C(C)C. The Kier molecular flexibility index (Phi) is 4.51. The lowest BCUT2D eigenvalue weighted by Crippen LogP contribution is -2.05. The second-order valence-electron chi connectivity index (χ2n) is 7.19. The van der Waals surface area contributed by atoms with Gasteiger partial charge in [0.15, 0.2) is 0 Å². The fourth-order valence-electron chi connectivity index (χ4n) is 3.42. The normalized spacial score (nSPS) is 11.4. The average Bonchev–Trinajstić information content (AvgIpc) is 2.64. The molecule has 142 valence electrons. The van der Waals surface area contributed by atoms with E-state index < -0.39 is 11.3 Å². The van der Waals surface area contributed by atoms with Gasteiger partial charge in [0, 0.05) is 34.5 Å². The van der Waals surface area contributed by atoms with Crippen molar-refractivity contribution in [3.63, 3.8) is 0 Å². The monoisotopic (exact) mass is 376 g/mol. The van der Waals surface area contributed by atoms with Crippen LogP contribution in [0.15, 0.2) is 67.0 Å². The summed E-state index contributed by atoms with van der Waals surface area (Å²) >= 11 is 0. The van der Waals surface area contributed by atoms with Crippen molar-refractivity contribution in [2.75, 3.05) is 0 Å². The lowest BCUT2D eigenvalue weighted by atomic mass is 9.95. The zero-order valence-electron chi connectivity index (χ0n) is 15.9. The van der Waals surface area contributed by atoms with E-state index in [0.717, 1.165) is 21.9 Å². The van der Waals surface area contributed by atoms with Crippen molar-refractivity contribution in [1.29, 1.82) is 0 Å². The maximum absolute atomic E-state index is 12.0. The Morgan fingerprint density at radius 3 is 2.43 bits per heavy atom. The highest BCUT2D eigenvalue weighted by Gasteiger charge is 2.12. The van der Waals surface area contributed by atoms with Gasteiger partial charge in [0.05, 0.1) is 0 Å². The summed E-state index contributed by atoms with van der Waals surface area (Å²) in [6.45, 7) is 6.48. The van der Waals surface area contributed by atoms with Crippen molar-refractivity contribution in [3.05, 3.63) is 86.1 Å². The number of aryl methyl sites for hydroxylation is 1.